The van der Waals surface area contributed by atoms with Crippen molar-refractivity contribution in [2.75, 3.05) is 0 Å². The number of aliphatic hydroxyl groups excluding tert-OH is 1. The lowest BCUT2D eigenvalue weighted by Gasteiger charge is -2.23. The van der Waals surface area contributed by atoms with E-state index in [1.165, 1.54) is 0 Å². The highest BCUT2D eigenvalue weighted by molar-refractivity contribution is 6.89. The zero-order valence-electron chi connectivity index (χ0n) is 8.77. The molecular weight excluding hydrogens is 190 g/mol. The van der Waals surface area contributed by atoms with Crippen molar-refractivity contribution in [2.45, 2.75) is 25.2 Å². The van der Waals surface area contributed by atoms with Crippen molar-refractivity contribution in [3.05, 3.63) is 37.1 Å². The maximum absolute atomic E-state index is 9.54. The minimum absolute atomic E-state index is 0.404. The third-order valence-corrected chi connectivity index (χ3v) is 5.47. The molecule has 0 saturated heterocycles. The summed E-state index contributed by atoms with van der Waals surface area (Å²) in [5, 5.41) is 10.7. The van der Waals surface area contributed by atoms with E-state index in [0.717, 1.165) is 11.4 Å². The Labute approximate surface area is 86.3 Å². The van der Waals surface area contributed by atoms with Crippen LogP contribution in [0.2, 0.25) is 19.1 Å². The molecule has 1 aromatic heterocycles. The molecule has 1 unspecified atom stereocenters. The van der Waals surface area contributed by atoms with Crippen molar-refractivity contribution in [1.29, 1.82) is 0 Å². The maximum Gasteiger partial charge on any atom is 0.107 e. The number of aliphatic hydroxyl groups is 1. The minimum Gasteiger partial charge on any atom is -0.389 e. The van der Waals surface area contributed by atoms with Gasteiger partial charge in [-0.25, -0.2) is 0 Å². The van der Waals surface area contributed by atoms with Gasteiger partial charge in [0.1, 0.15) is 8.07 Å². The summed E-state index contributed by atoms with van der Waals surface area (Å²) in [6.07, 6.45) is 3.00. The van der Waals surface area contributed by atoms with Crippen LogP contribution in [-0.2, 0) is 0 Å². The van der Waals surface area contributed by atoms with Gasteiger partial charge in [0.2, 0.25) is 0 Å². The van der Waals surface area contributed by atoms with Gasteiger partial charge in [-0.3, -0.25) is 4.98 Å². The Bertz CT molecular complexity index is 297. The molecule has 2 nitrogen and oxygen atoms in total. The number of rotatable bonds is 4. The lowest BCUT2D eigenvalue weighted by Crippen LogP contribution is -2.45. The highest BCUT2D eigenvalue weighted by Crippen LogP contribution is 2.11. The highest BCUT2D eigenvalue weighted by Gasteiger charge is 2.26. The average molecular weight is 207 g/mol. The molecule has 14 heavy (non-hydrogen) atoms. The standard InChI is InChI=1S/C11H17NOSi/c1-4-10(13)9-14(2,3)11-7-5-6-8-12-11/h4-8,10,13H,1,9H2,2-3H3. The average Bonchev–Trinajstić information content (AvgIpc) is 2.18. The van der Waals surface area contributed by atoms with Crippen LogP contribution in [0, 0.1) is 0 Å². The molecule has 0 saturated carbocycles. The molecule has 0 spiro atoms. The molecule has 3 heteroatoms. The summed E-state index contributed by atoms with van der Waals surface area (Å²) in [6, 6.07) is 6.74. The normalized spacial score (nSPS) is 13.6. The van der Waals surface area contributed by atoms with E-state index >= 15 is 0 Å². The first kappa shape index (κ1) is 11.1. The zero-order valence-corrected chi connectivity index (χ0v) is 9.77. The zero-order chi connectivity index (χ0) is 10.6. The first-order valence-electron chi connectivity index (χ1n) is 4.78. The van der Waals surface area contributed by atoms with Crippen molar-refractivity contribution in [3.63, 3.8) is 0 Å². The van der Waals surface area contributed by atoms with Crippen LogP contribution in [0.4, 0.5) is 0 Å². The SMILES string of the molecule is C=CC(O)C[Si](C)(C)c1ccccn1. The van der Waals surface area contributed by atoms with Gasteiger partial charge in [0.15, 0.2) is 0 Å². The molecule has 1 heterocycles. The summed E-state index contributed by atoms with van der Waals surface area (Å²) in [4.78, 5) is 4.35. The van der Waals surface area contributed by atoms with Crippen LogP contribution in [0.5, 0.6) is 0 Å². The van der Waals surface area contributed by atoms with E-state index in [1.807, 2.05) is 24.4 Å². The molecular formula is C11H17NOSi. The molecule has 0 amide bonds. The Morgan fingerprint density at radius 3 is 2.79 bits per heavy atom. The fourth-order valence-corrected chi connectivity index (χ4v) is 3.87. The molecule has 0 fully saturated rings. The van der Waals surface area contributed by atoms with Gasteiger partial charge in [0.25, 0.3) is 0 Å². The van der Waals surface area contributed by atoms with Crippen LogP contribution >= 0.6 is 0 Å². The third-order valence-electron chi connectivity index (χ3n) is 2.35. The van der Waals surface area contributed by atoms with Gasteiger partial charge in [-0.05, 0) is 18.2 Å². The van der Waals surface area contributed by atoms with Crippen LogP contribution < -0.4 is 5.32 Å². The number of pyridine rings is 1. The van der Waals surface area contributed by atoms with Gasteiger partial charge in [0, 0.05) is 11.5 Å². The van der Waals surface area contributed by atoms with Crippen LogP contribution in [0.25, 0.3) is 0 Å². The van der Waals surface area contributed by atoms with Gasteiger partial charge in [-0.1, -0.05) is 25.2 Å². The van der Waals surface area contributed by atoms with Crippen molar-refractivity contribution < 1.29 is 5.11 Å². The first-order valence-corrected chi connectivity index (χ1v) is 7.99. The summed E-state index contributed by atoms with van der Waals surface area (Å²) >= 11 is 0. The third kappa shape index (κ3) is 2.79. The van der Waals surface area contributed by atoms with Crippen molar-refractivity contribution in [2.24, 2.45) is 0 Å². The van der Waals surface area contributed by atoms with E-state index in [2.05, 4.69) is 24.7 Å². The molecule has 0 radical (unpaired) electrons. The lowest BCUT2D eigenvalue weighted by molar-refractivity contribution is 0.243. The second-order valence-electron chi connectivity index (χ2n) is 4.11. The van der Waals surface area contributed by atoms with Crippen LogP contribution in [0.15, 0.2) is 37.1 Å². The van der Waals surface area contributed by atoms with E-state index in [4.69, 9.17) is 0 Å². The number of hydrogen-bond acceptors (Lipinski definition) is 2. The molecule has 76 valence electrons. The molecule has 0 aliphatic carbocycles. The van der Waals surface area contributed by atoms with Gasteiger partial charge < -0.3 is 5.11 Å². The molecule has 0 bridgehead atoms. The smallest absolute Gasteiger partial charge is 0.107 e. The maximum atomic E-state index is 9.54. The van der Waals surface area contributed by atoms with Crippen molar-refractivity contribution in [1.82, 2.24) is 4.98 Å². The van der Waals surface area contributed by atoms with E-state index < -0.39 is 14.2 Å². The predicted octanol–water partition coefficient (Wildman–Crippen LogP) is 1.54. The Morgan fingerprint density at radius 2 is 2.29 bits per heavy atom. The molecule has 0 aromatic carbocycles. The quantitative estimate of drug-likeness (QED) is 0.600. The van der Waals surface area contributed by atoms with Crippen LogP contribution in [0.3, 0.4) is 0 Å². The molecule has 0 aliphatic heterocycles. The Balaban J connectivity index is 2.80. The predicted molar refractivity (Wildman–Crippen MR) is 62.4 cm³/mol. The second-order valence-corrected chi connectivity index (χ2v) is 8.79. The largest absolute Gasteiger partial charge is 0.389 e. The summed E-state index contributed by atoms with van der Waals surface area (Å²) in [7, 11) is -1.60. The Hall–Kier alpha value is -0.933. The van der Waals surface area contributed by atoms with Crippen molar-refractivity contribution in [3.8, 4) is 0 Å². The molecule has 1 N–H and O–H groups in total. The Kier molecular flexibility index (Phi) is 3.60. The Morgan fingerprint density at radius 1 is 1.57 bits per heavy atom. The molecule has 1 atom stereocenters. The van der Waals surface area contributed by atoms with Gasteiger partial charge in [-0.2, -0.15) is 0 Å². The van der Waals surface area contributed by atoms with Crippen molar-refractivity contribution >= 4 is 13.4 Å². The number of aromatic nitrogens is 1. The van der Waals surface area contributed by atoms with E-state index in [-0.39, 0.29) is 0 Å². The fourth-order valence-electron chi connectivity index (χ4n) is 1.47. The van der Waals surface area contributed by atoms with Gasteiger partial charge in [-0.15, -0.1) is 6.58 Å². The minimum atomic E-state index is -1.60. The van der Waals surface area contributed by atoms with E-state index in [1.54, 1.807) is 6.08 Å². The van der Waals surface area contributed by atoms with Gasteiger partial charge in [0.05, 0.1) is 6.10 Å². The molecule has 1 aromatic rings. The summed E-state index contributed by atoms with van der Waals surface area (Å²) in [5.74, 6) is 0. The molecule has 0 aliphatic rings. The lowest BCUT2D eigenvalue weighted by atomic mass is 10.4. The highest BCUT2D eigenvalue weighted by atomic mass is 28.3. The summed E-state index contributed by atoms with van der Waals surface area (Å²) in [5.41, 5.74) is 0. The monoisotopic (exact) mass is 207 g/mol. The summed E-state index contributed by atoms with van der Waals surface area (Å²) < 4.78 is 0. The first-order chi connectivity index (χ1) is 6.56. The topological polar surface area (TPSA) is 33.1 Å². The second kappa shape index (κ2) is 4.53. The summed E-state index contributed by atoms with van der Waals surface area (Å²) in [6.45, 7) is 8.01. The van der Waals surface area contributed by atoms with E-state index in [9.17, 15) is 5.11 Å². The number of nitrogens with zero attached hydrogens (tertiary/aromatic N) is 1. The molecule has 1 rings (SSSR count). The van der Waals surface area contributed by atoms with Crippen LogP contribution in [-0.4, -0.2) is 24.3 Å². The van der Waals surface area contributed by atoms with Gasteiger partial charge >= 0.3 is 0 Å². The van der Waals surface area contributed by atoms with Crippen LogP contribution in [0.1, 0.15) is 0 Å². The fraction of sp³-hybridized carbons (Fsp3) is 0.364. The number of hydrogen-bond donors (Lipinski definition) is 1. The van der Waals surface area contributed by atoms with E-state index in [0.29, 0.717) is 0 Å².